The minimum Gasteiger partial charge on any atom is -0.459 e. The minimum absolute atomic E-state index is 0.215. The number of benzene rings is 2. The van der Waals surface area contributed by atoms with Gasteiger partial charge in [0.15, 0.2) is 5.11 Å². The summed E-state index contributed by atoms with van der Waals surface area (Å²) in [6.07, 6.45) is 1.77. The molecular formula is C24H16Cl3N3OS. The van der Waals surface area contributed by atoms with Crippen molar-refractivity contribution >= 4 is 57.8 Å². The molecule has 32 heavy (non-hydrogen) atoms. The van der Waals surface area contributed by atoms with Gasteiger partial charge in [-0.2, -0.15) is 0 Å². The molecular weight excluding hydrogens is 485 g/mol. The van der Waals surface area contributed by atoms with Crippen molar-refractivity contribution in [3.63, 3.8) is 0 Å². The molecule has 1 aliphatic heterocycles. The van der Waals surface area contributed by atoms with Crippen molar-refractivity contribution < 1.29 is 4.42 Å². The van der Waals surface area contributed by atoms with Crippen LogP contribution in [0.1, 0.15) is 23.5 Å². The van der Waals surface area contributed by atoms with Crippen molar-refractivity contribution in [3.05, 3.63) is 106 Å². The lowest BCUT2D eigenvalue weighted by Gasteiger charge is -2.26. The molecule has 0 saturated carbocycles. The number of anilines is 1. The van der Waals surface area contributed by atoms with Crippen LogP contribution >= 0.6 is 47.0 Å². The molecule has 160 valence electrons. The highest BCUT2D eigenvalue weighted by Gasteiger charge is 2.42. The molecule has 4 nitrogen and oxygen atoms in total. The van der Waals surface area contributed by atoms with E-state index in [0.29, 0.717) is 31.7 Å². The Bertz CT molecular complexity index is 1280. The summed E-state index contributed by atoms with van der Waals surface area (Å²) < 4.78 is 6.33. The van der Waals surface area contributed by atoms with Crippen molar-refractivity contribution in [1.29, 1.82) is 0 Å². The monoisotopic (exact) mass is 499 g/mol. The van der Waals surface area contributed by atoms with Crippen LogP contribution in [-0.4, -0.2) is 10.1 Å². The lowest BCUT2D eigenvalue weighted by Crippen LogP contribution is -2.29. The first-order chi connectivity index (χ1) is 15.5. The zero-order valence-corrected chi connectivity index (χ0v) is 19.6. The Morgan fingerprint density at radius 1 is 0.906 bits per heavy atom. The Kier molecular flexibility index (Phi) is 5.82. The van der Waals surface area contributed by atoms with E-state index in [1.54, 1.807) is 12.3 Å². The Morgan fingerprint density at radius 2 is 1.72 bits per heavy atom. The second-order valence-corrected chi connectivity index (χ2v) is 8.88. The number of hydrogen-bond donors (Lipinski definition) is 1. The van der Waals surface area contributed by atoms with Gasteiger partial charge >= 0.3 is 0 Å². The number of aromatic nitrogens is 1. The van der Waals surface area contributed by atoms with Crippen LogP contribution in [-0.2, 0) is 0 Å². The van der Waals surface area contributed by atoms with Gasteiger partial charge in [-0.1, -0.05) is 46.9 Å². The van der Waals surface area contributed by atoms with E-state index in [2.05, 4.69) is 10.3 Å². The summed E-state index contributed by atoms with van der Waals surface area (Å²) in [5.74, 6) is 1.34. The molecule has 0 bridgehead atoms. The predicted octanol–water partition coefficient (Wildman–Crippen LogP) is 7.48. The molecule has 2 aromatic carbocycles. The van der Waals surface area contributed by atoms with Gasteiger partial charge in [0.1, 0.15) is 17.6 Å². The number of thiocarbonyl (C=S) groups is 1. The van der Waals surface area contributed by atoms with E-state index in [1.165, 1.54) is 0 Å². The SMILES string of the molecule is S=C1NC(c2ccccn2)C(c2ccc(-c3cccc(Cl)c3Cl)o2)N1c1ccc(Cl)cc1. The first-order valence-electron chi connectivity index (χ1n) is 9.83. The summed E-state index contributed by atoms with van der Waals surface area (Å²) >= 11 is 24.5. The maximum atomic E-state index is 6.43. The van der Waals surface area contributed by atoms with E-state index in [0.717, 1.165) is 16.9 Å². The highest BCUT2D eigenvalue weighted by molar-refractivity contribution is 7.80. The van der Waals surface area contributed by atoms with Crippen LogP contribution in [0, 0.1) is 0 Å². The molecule has 1 fully saturated rings. The standard InChI is InChI=1S/C24H16Cl3N3OS/c25-14-7-9-15(10-8-14)30-23(22(29-24(30)32)18-6-1-2-13-28-18)20-12-11-19(31-20)16-4-3-5-17(26)21(16)27/h1-13,22-23H,(H,29,32). The smallest absolute Gasteiger partial charge is 0.174 e. The largest absolute Gasteiger partial charge is 0.459 e. The summed E-state index contributed by atoms with van der Waals surface area (Å²) in [4.78, 5) is 6.57. The van der Waals surface area contributed by atoms with E-state index in [4.69, 9.17) is 51.4 Å². The second-order valence-electron chi connectivity index (χ2n) is 7.28. The van der Waals surface area contributed by atoms with Gasteiger partial charge in [-0.3, -0.25) is 4.98 Å². The Morgan fingerprint density at radius 3 is 2.47 bits per heavy atom. The average Bonchev–Trinajstić information content (AvgIpc) is 3.41. The summed E-state index contributed by atoms with van der Waals surface area (Å²) in [6, 6.07) is 22.2. The van der Waals surface area contributed by atoms with Gasteiger partial charge in [-0.25, -0.2) is 0 Å². The number of rotatable bonds is 4. The molecule has 2 unspecified atom stereocenters. The van der Waals surface area contributed by atoms with Crippen LogP contribution in [0.5, 0.6) is 0 Å². The van der Waals surface area contributed by atoms with Crippen molar-refractivity contribution in [1.82, 2.24) is 10.3 Å². The van der Waals surface area contributed by atoms with Crippen molar-refractivity contribution in [2.45, 2.75) is 12.1 Å². The number of furan rings is 1. The topological polar surface area (TPSA) is 41.3 Å². The van der Waals surface area contributed by atoms with Gasteiger partial charge in [-0.15, -0.1) is 0 Å². The lowest BCUT2D eigenvalue weighted by molar-refractivity contribution is 0.439. The second kappa shape index (κ2) is 8.75. The number of pyridine rings is 1. The molecule has 2 aromatic heterocycles. The number of nitrogens with zero attached hydrogens (tertiary/aromatic N) is 2. The Balaban J connectivity index is 1.61. The van der Waals surface area contributed by atoms with E-state index in [1.807, 2.05) is 71.6 Å². The van der Waals surface area contributed by atoms with Gasteiger partial charge in [-0.05, 0) is 72.9 Å². The highest BCUT2D eigenvalue weighted by Crippen LogP contribution is 2.44. The molecule has 5 rings (SSSR count). The zero-order chi connectivity index (χ0) is 22.2. The Hall–Kier alpha value is -2.57. The van der Waals surface area contributed by atoms with Gasteiger partial charge in [0, 0.05) is 22.5 Å². The molecule has 4 aromatic rings. The van der Waals surface area contributed by atoms with Crippen LogP contribution in [0.25, 0.3) is 11.3 Å². The summed E-state index contributed by atoms with van der Waals surface area (Å²) in [7, 11) is 0. The maximum Gasteiger partial charge on any atom is 0.174 e. The van der Waals surface area contributed by atoms with Crippen molar-refractivity contribution in [3.8, 4) is 11.3 Å². The minimum atomic E-state index is -0.273. The molecule has 3 heterocycles. The molecule has 1 saturated heterocycles. The van der Waals surface area contributed by atoms with E-state index in [-0.39, 0.29) is 12.1 Å². The van der Waals surface area contributed by atoms with Crippen LogP contribution in [0.15, 0.2) is 83.4 Å². The third-order valence-corrected chi connectivity index (χ3v) is 6.72. The van der Waals surface area contributed by atoms with Crippen molar-refractivity contribution in [2.24, 2.45) is 0 Å². The summed E-state index contributed by atoms with van der Waals surface area (Å²) in [6.45, 7) is 0. The predicted molar refractivity (Wildman–Crippen MR) is 134 cm³/mol. The molecule has 2 atom stereocenters. The molecule has 8 heteroatoms. The fourth-order valence-electron chi connectivity index (χ4n) is 3.87. The van der Waals surface area contributed by atoms with Gasteiger partial charge < -0.3 is 14.6 Å². The molecule has 1 N–H and O–H groups in total. The Labute approximate surface area is 205 Å². The first-order valence-corrected chi connectivity index (χ1v) is 11.4. The molecule has 0 aliphatic carbocycles. The maximum absolute atomic E-state index is 6.43. The number of halogens is 3. The zero-order valence-electron chi connectivity index (χ0n) is 16.5. The average molecular weight is 501 g/mol. The molecule has 1 aliphatic rings. The lowest BCUT2D eigenvalue weighted by atomic mass is 10.0. The van der Waals surface area contributed by atoms with Crippen LogP contribution in [0.3, 0.4) is 0 Å². The third-order valence-electron chi connectivity index (χ3n) is 5.34. The number of hydrogen-bond acceptors (Lipinski definition) is 3. The van der Waals surface area contributed by atoms with Crippen LogP contribution in [0.2, 0.25) is 15.1 Å². The fourth-order valence-corrected chi connectivity index (χ4v) is 4.74. The fraction of sp³-hybridized carbons (Fsp3) is 0.0833. The molecule has 0 amide bonds. The van der Waals surface area contributed by atoms with Gasteiger partial charge in [0.2, 0.25) is 0 Å². The van der Waals surface area contributed by atoms with E-state index in [9.17, 15) is 0 Å². The van der Waals surface area contributed by atoms with Crippen molar-refractivity contribution in [2.75, 3.05) is 4.90 Å². The third kappa shape index (κ3) is 3.86. The molecule has 0 radical (unpaired) electrons. The quantitative estimate of drug-likeness (QED) is 0.294. The normalized spacial score (nSPS) is 18.1. The summed E-state index contributed by atoms with van der Waals surface area (Å²) in [5, 5.41) is 5.56. The van der Waals surface area contributed by atoms with Crippen LogP contribution < -0.4 is 10.2 Å². The first kappa shape index (κ1) is 21.3. The van der Waals surface area contributed by atoms with E-state index >= 15 is 0 Å². The van der Waals surface area contributed by atoms with Crippen LogP contribution in [0.4, 0.5) is 5.69 Å². The molecule has 0 spiro atoms. The van der Waals surface area contributed by atoms with Gasteiger partial charge in [0.05, 0.1) is 21.8 Å². The van der Waals surface area contributed by atoms with E-state index < -0.39 is 0 Å². The van der Waals surface area contributed by atoms with Gasteiger partial charge in [0.25, 0.3) is 0 Å². The highest BCUT2D eigenvalue weighted by atomic mass is 35.5. The summed E-state index contributed by atoms with van der Waals surface area (Å²) in [5.41, 5.74) is 2.48. The number of nitrogens with one attached hydrogen (secondary N) is 1.